The van der Waals surface area contributed by atoms with E-state index >= 15 is 0 Å². The zero-order valence-corrected chi connectivity index (χ0v) is 13.1. The minimum atomic E-state index is -4.42. The third kappa shape index (κ3) is 4.61. The monoisotopic (exact) mass is 336 g/mol. The van der Waals surface area contributed by atoms with Crippen molar-refractivity contribution in [1.82, 2.24) is 10.2 Å². The number of halogens is 4. The lowest BCUT2D eigenvalue weighted by Crippen LogP contribution is -2.52. The van der Waals surface area contributed by atoms with E-state index in [4.69, 9.17) is 0 Å². The average molecular weight is 337 g/mol. The van der Waals surface area contributed by atoms with Crippen molar-refractivity contribution in [1.29, 1.82) is 0 Å². The number of piperazine rings is 1. The van der Waals surface area contributed by atoms with Crippen LogP contribution in [0, 0.1) is 0 Å². The van der Waals surface area contributed by atoms with E-state index in [1.54, 1.807) is 18.2 Å². The van der Waals surface area contributed by atoms with E-state index in [1.807, 2.05) is 6.92 Å². The quantitative estimate of drug-likeness (QED) is 0.920. The molecule has 124 valence electrons. The van der Waals surface area contributed by atoms with Crippen LogP contribution >= 0.6 is 12.4 Å². The number of nitrogens with zero attached hydrogens (tertiary/aromatic N) is 1. The first-order valence-corrected chi connectivity index (χ1v) is 7.01. The predicted octanol–water partition coefficient (Wildman–Crippen LogP) is 2.96. The van der Waals surface area contributed by atoms with Crippen molar-refractivity contribution in [2.24, 2.45) is 0 Å². The van der Waals surface area contributed by atoms with Gasteiger partial charge in [0.05, 0.1) is 5.92 Å². The van der Waals surface area contributed by atoms with Crippen LogP contribution in [-0.2, 0) is 4.79 Å². The van der Waals surface area contributed by atoms with Crippen molar-refractivity contribution in [3.8, 4) is 0 Å². The molecule has 0 aliphatic carbocycles. The molecule has 1 heterocycles. The fourth-order valence-corrected chi connectivity index (χ4v) is 2.61. The van der Waals surface area contributed by atoms with Crippen molar-refractivity contribution < 1.29 is 18.0 Å². The van der Waals surface area contributed by atoms with Gasteiger partial charge in [-0.25, -0.2) is 0 Å². The molecule has 0 aromatic heterocycles. The van der Waals surface area contributed by atoms with Crippen molar-refractivity contribution in [2.75, 3.05) is 19.6 Å². The molecule has 1 N–H and O–H groups in total. The maximum absolute atomic E-state index is 13.2. The topological polar surface area (TPSA) is 32.3 Å². The van der Waals surface area contributed by atoms with Gasteiger partial charge in [-0.05, 0) is 12.5 Å². The molecule has 1 aliphatic heterocycles. The molecule has 2 atom stereocenters. The summed E-state index contributed by atoms with van der Waals surface area (Å²) in [6, 6.07) is 7.56. The second kappa shape index (κ2) is 7.83. The largest absolute Gasteiger partial charge is 0.396 e. The normalized spacial score (nSPS) is 20.2. The zero-order chi connectivity index (χ0) is 15.5. The van der Waals surface area contributed by atoms with Crippen molar-refractivity contribution in [3.63, 3.8) is 0 Å². The first-order chi connectivity index (χ1) is 9.89. The highest BCUT2D eigenvalue weighted by Crippen LogP contribution is 2.37. The summed E-state index contributed by atoms with van der Waals surface area (Å²) < 4.78 is 39.7. The molecule has 1 aromatic carbocycles. The molecule has 7 heteroatoms. The summed E-state index contributed by atoms with van der Waals surface area (Å²) in [5.41, 5.74) is 0.140. The van der Waals surface area contributed by atoms with E-state index in [-0.39, 0.29) is 24.0 Å². The standard InChI is InChI=1S/C15H19F3N2O.ClH/c1-11-10-19-7-8-20(11)14(21)9-13(15(16,17)18)12-5-3-2-4-6-12;/h2-6,11,13,19H,7-10H2,1H3;1H. The van der Waals surface area contributed by atoms with Gasteiger partial charge < -0.3 is 10.2 Å². The summed E-state index contributed by atoms with van der Waals surface area (Å²) in [5, 5.41) is 3.12. The fraction of sp³-hybridized carbons (Fsp3) is 0.533. The molecule has 0 saturated carbocycles. The van der Waals surface area contributed by atoms with E-state index in [0.717, 1.165) is 0 Å². The second-order valence-corrected chi connectivity index (χ2v) is 5.35. The van der Waals surface area contributed by atoms with Gasteiger partial charge in [0.15, 0.2) is 0 Å². The Morgan fingerprint density at radius 2 is 2.00 bits per heavy atom. The van der Waals surface area contributed by atoms with Gasteiger partial charge in [0.1, 0.15) is 0 Å². The summed E-state index contributed by atoms with van der Waals surface area (Å²) in [6.07, 6.45) is -4.95. The number of hydrogen-bond acceptors (Lipinski definition) is 2. The molecule has 1 aliphatic rings. The van der Waals surface area contributed by atoms with Crippen LogP contribution in [0.5, 0.6) is 0 Å². The van der Waals surface area contributed by atoms with E-state index in [9.17, 15) is 18.0 Å². The third-order valence-electron chi connectivity index (χ3n) is 3.80. The molecule has 0 radical (unpaired) electrons. The number of amides is 1. The van der Waals surface area contributed by atoms with Crippen LogP contribution in [-0.4, -0.2) is 42.7 Å². The van der Waals surface area contributed by atoms with E-state index in [1.165, 1.54) is 17.0 Å². The van der Waals surface area contributed by atoms with E-state index in [0.29, 0.717) is 19.6 Å². The summed E-state index contributed by atoms with van der Waals surface area (Å²) in [6.45, 7) is 3.54. The molecule has 0 spiro atoms. The van der Waals surface area contributed by atoms with Gasteiger partial charge in [-0.1, -0.05) is 30.3 Å². The van der Waals surface area contributed by atoms with Crippen LogP contribution in [0.1, 0.15) is 24.8 Å². The number of carbonyl (C=O) groups is 1. The molecule has 0 bridgehead atoms. The Balaban J connectivity index is 0.00000242. The highest BCUT2D eigenvalue weighted by atomic mass is 35.5. The highest BCUT2D eigenvalue weighted by molar-refractivity contribution is 5.85. The first-order valence-electron chi connectivity index (χ1n) is 7.01. The van der Waals surface area contributed by atoms with Gasteiger partial charge in [0.25, 0.3) is 0 Å². The summed E-state index contributed by atoms with van der Waals surface area (Å²) in [7, 11) is 0. The minimum Gasteiger partial charge on any atom is -0.337 e. The number of rotatable bonds is 3. The molecular formula is C15H20ClF3N2O. The van der Waals surface area contributed by atoms with Crippen LogP contribution in [0.25, 0.3) is 0 Å². The van der Waals surface area contributed by atoms with Crippen LogP contribution in [0.15, 0.2) is 30.3 Å². The third-order valence-corrected chi connectivity index (χ3v) is 3.80. The van der Waals surface area contributed by atoms with Gasteiger partial charge in [-0.3, -0.25) is 4.79 Å². The molecule has 1 fully saturated rings. The first kappa shape index (κ1) is 18.8. The molecular weight excluding hydrogens is 317 g/mol. The van der Waals surface area contributed by atoms with Crippen LogP contribution < -0.4 is 5.32 Å². The summed E-state index contributed by atoms with van der Waals surface area (Å²) in [4.78, 5) is 13.8. The molecule has 1 aromatic rings. The highest BCUT2D eigenvalue weighted by Gasteiger charge is 2.42. The lowest BCUT2D eigenvalue weighted by molar-refractivity contribution is -0.161. The van der Waals surface area contributed by atoms with Crippen molar-refractivity contribution >= 4 is 18.3 Å². The number of alkyl halides is 3. The molecule has 2 rings (SSSR count). The molecule has 1 saturated heterocycles. The molecule has 3 nitrogen and oxygen atoms in total. The van der Waals surface area contributed by atoms with Crippen molar-refractivity contribution in [2.45, 2.75) is 31.5 Å². The molecule has 22 heavy (non-hydrogen) atoms. The maximum atomic E-state index is 13.2. The Morgan fingerprint density at radius 1 is 1.36 bits per heavy atom. The van der Waals surface area contributed by atoms with Crippen LogP contribution in [0.3, 0.4) is 0 Å². The van der Waals surface area contributed by atoms with Gasteiger partial charge in [-0.15, -0.1) is 12.4 Å². The zero-order valence-electron chi connectivity index (χ0n) is 12.3. The number of nitrogens with one attached hydrogen (secondary N) is 1. The summed E-state index contributed by atoms with van der Waals surface area (Å²) >= 11 is 0. The van der Waals surface area contributed by atoms with Crippen LogP contribution in [0.4, 0.5) is 13.2 Å². The van der Waals surface area contributed by atoms with E-state index < -0.39 is 24.4 Å². The van der Waals surface area contributed by atoms with E-state index in [2.05, 4.69) is 5.32 Å². The fourth-order valence-electron chi connectivity index (χ4n) is 2.61. The second-order valence-electron chi connectivity index (χ2n) is 5.35. The lowest BCUT2D eigenvalue weighted by atomic mass is 9.94. The average Bonchev–Trinajstić information content (AvgIpc) is 2.44. The van der Waals surface area contributed by atoms with Crippen molar-refractivity contribution in [3.05, 3.63) is 35.9 Å². The number of hydrogen-bond donors (Lipinski definition) is 1. The summed E-state index contributed by atoms with van der Waals surface area (Å²) in [5.74, 6) is -2.18. The maximum Gasteiger partial charge on any atom is 0.396 e. The minimum absolute atomic E-state index is 0. The van der Waals surface area contributed by atoms with Crippen LogP contribution in [0.2, 0.25) is 0 Å². The smallest absolute Gasteiger partial charge is 0.337 e. The van der Waals surface area contributed by atoms with Gasteiger partial charge in [0.2, 0.25) is 5.91 Å². The van der Waals surface area contributed by atoms with Gasteiger partial charge in [0, 0.05) is 32.1 Å². The number of benzene rings is 1. The van der Waals surface area contributed by atoms with Gasteiger partial charge >= 0.3 is 6.18 Å². The number of carbonyl (C=O) groups excluding carboxylic acids is 1. The Labute approximate surface area is 134 Å². The predicted molar refractivity (Wildman–Crippen MR) is 81.1 cm³/mol. The Kier molecular flexibility index (Phi) is 6.68. The Bertz CT molecular complexity index is 481. The molecule has 2 unspecified atom stereocenters. The SMILES string of the molecule is CC1CNCCN1C(=O)CC(c1ccccc1)C(F)(F)F.Cl. The Hall–Kier alpha value is -1.27. The van der Waals surface area contributed by atoms with Gasteiger partial charge in [-0.2, -0.15) is 13.2 Å². The Morgan fingerprint density at radius 3 is 2.55 bits per heavy atom. The lowest BCUT2D eigenvalue weighted by Gasteiger charge is -2.35. The molecule has 1 amide bonds.